The number of primary amides is 1. The van der Waals surface area contributed by atoms with Crippen LogP contribution in [0.25, 0.3) is 0 Å². The lowest BCUT2D eigenvalue weighted by molar-refractivity contribution is -0.118. The molecule has 2 atom stereocenters. The summed E-state index contributed by atoms with van der Waals surface area (Å²) in [6, 6.07) is 1.99. The molecular weight excluding hydrogens is 385 g/mol. The quantitative estimate of drug-likeness (QED) is 0.309. The zero-order chi connectivity index (χ0) is 18.8. The van der Waals surface area contributed by atoms with Crippen molar-refractivity contribution in [2.75, 3.05) is 0 Å². The molecule has 0 spiro atoms. The number of unbranched alkanes of at least 4 members (excludes halogenated alkanes) is 2. The van der Waals surface area contributed by atoms with Crippen molar-refractivity contribution in [3.8, 4) is 0 Å². The minimum absolute atomic E-state index is 0.205. The molecule has 0 bridgehead atoms. The van der Waals surface area contributed by atoms with E-state index < -0.39 is 0 Å². The van der Waals surface area contributed by atoms with Gasteiger partial charge in [0.05, 0.1) is 8.67 Å². The third-order valence-corrected chi connectivity index (χ3v) is 6.61. The molecule has 1 heterocycles. The highest BCUT2D eigenvalue weighted by molar-refractivity contribution is 7.20. The van der Waals surface area contributed by atoms with Crippen molar-refractivity contribution < 1.29 is 4.79 Å². The number of allylic oxidation sites excluding steroid dienone is 4. The van der Waals surface area contributed by atoms with Gasteiger partial charge >= 0.3 is 0 Å². The Morgan fingerprint density at radius 3 is 2.73 bits per heavy atom. The molecule has 1 saturated carbocycles. The molecule has 1 amide bonds. The maximum absolute atomic E-state index is 10.7. The number of aryl methyl sites for hydroxylation is 1. The summed E-state index contributed by atoms with van der Waals surface area (Å²) in [7, 11) is 0. The molecule has 2 rings (SSSR count). The third kappa shape index (κ3) is 7.85. The van der Waals surface area contributed by atoms with Crippen LogP contribution in [0.15, 0.2) is 30.4 Å². The van der Waals surface area contributed by atoms with E-state index in [0.717, 1.165) is 53.1 Å². The Kier molecular flexibility index (Phi) is 9.80. The summed E-state index contributed by atoms with van der Waals surface area (Å²) in [5.41, 5.74) is 6.33. The van der Waals surface area contributed by atoms with Crippen LogP contribution in [-0.2, 0) is 11.2 Å². The van der Waals surface area contributed by atoms with E-state index in [1.807, 2.05) is 6.07 Å². The molecule has 144 valence electrons. The predicted molar refractivity (Wildman–Crippen MR) is 114 cm³/mol. The second-order valence-electron chi connectivity index (χ2n) is 7.09. The lowest BCUT2D eigenvalue weighted by atomic mass is 9.92. The van der Waals surface area contributed by atoms with Crippen molar-refractivity contribution in [2.24, 2.45) is 17.6 Å². The average molecular weight is 414 g/mol. The minimum atomic E-state index is -0.205. The molecule has 0 aromatic carbocycles. The number of hydrogen-bond donors (Lipinski definition) is 1. The summed E-state index contributed by atoms with van der Waals surface area (Å²) in [4.78, 5) is 10.7. The first-order chi connectivity index (χ1) is 12.6. The molecule has 2 nitrogen and oxygen atoms in total. The number of halogens is 2. The van der Waals surface area contributed by atoms with Gasteiger partial charge in [0.25, 0.3) is 0 Å². The van der Waals surface area contributed by atoms with Crippen LogP contribution in [0, 0.1) is 11.8 Å². The molecule has 1 aliphatic rings. The molecule has 0 saturated heterocycles. The maximum atomic E-state index is 10.7. The number of rotatable bonds is 11. The van der Waals surface area contributed by atoms with Crippen molar-refractivity contribution in [1.29, 1.82) is 0 Å². The number of hydrogen-bond acceptors (Lipinski definition) is 2. The first-order valence-corrected chi connectivity index (χ1v) is 11.2. The standard InChI is InChI=1S/C21H29Cl2NOS/c22-19-15-18(21(23)26-19)11-6-3-5-10-17-13-8-12-16(17)9-4-1-2-7-14-20(24)25/h1,4-5,10,15-17H,2-3,6-9,11-14H2,(H2,24,25)/b4-1-,10-5+/t16-,17?/m0/s1. The van der Waals surface area contributed by atoms with Gasteiger partial charge in [0.2, 0.25) is 5.91 Å². The van der Waals surface area contributed by atoms with Crippen LogP contribution < -0.4 is 5.73 Å². The van der Waals surface area contributed by atoms with Gasteiger partial charge < -0.3 is 5.73 Å². The van der Waals surface area contributed by atoms with Gasteiger partial charge in [-0.25, -0.2) is 0 Å². The fraction of sp³-hybridized carbons (Fsp3) is 0.571. The zero-order valence-electron chi connectivity index (χ0n) is 15.3. The van der Waals surface area contributed by atoms with E-state index in [-0.39, 0.29) is 5.91 Å². The molecule has 1 aromatic rings. The van der Waals surface area contributed by atoms with Gasteiger partial charge in [0, 0.05) is 6.42 Å². The van der Waals surface area contributed by atoms with E-state index in [0.29, 0.717) is 12.3 Å². The Bertz CT molecular complexity index is 624. The molecule has 1 aromatic heterocycles. The predicted octanol–water partition coefficient (Wildman–Crippen LogP) is 6.95. The summed E-state index contributed by atoms with van der Waals surface area (Å²) in [5.74, 6) is 1.27. The van der Waals surface area contributed by atoms with Crippen LogP contribution in [-0.4, -0.2) is 5.91 Å². The molecular formula is C21H29Cl2NOS. The van der Waals surface area contributed by atoms with E-state index in [9.17, 15) is 4.79 Å². The summed E-state index contributed by atoms with van der Waals surface area (Å²) >= 11 is 13.6. The third-order valence-electron chi connectivity index (χ3n) is 5.04. The van der Waals surface area contributed by atoms with Crippen LogP contribution >= 0.6 is 34.5 Å². The molecule has 26 heavy (non-hydrogen) atoms. The zero-order valence-corrected chi connectivity index (χ0v) is 17.6. The van der Waals surface area contributed by atoms with Gasteiger partial charge in [-0.15, -0.1) is 11.3 Å². The summed E-state index contributed by atoms with van der Waals surface area (Å²) in [5, 5.41) is 0. The van der Waals surface area contributed by atoms with E-state index in [1.54, 1.807) is 0 Å². The Labute approximate surface area is 171 Å². The van der Waals surface area contributed by atoms with E-state index >= 15 is 0 Å². The fourth-order valence-electron chi connectivity index (χ4n) is 3.62. The lowest BCUT2D eigenvalue weighted by Gasteiger charge is -2.14. The van der Waals surface area contributed by atoms with Crippen molar-refractivity contribution in [1.82, 2.24) is 0 Å². The molecule has 1 aliphatic carbocycles. The first-order valence-electron chi connectivity index (χ1n) is 9.60. The van der Waals surface area contributed by atoms with E-state index in [4.69, 9.17) is 28.9 Å². The summed E-state index contributed by atoms with van der Waals surface area (Å²) < 4.78 is 1.61. The molecule has 1 fully saturated rings. The van der Waals surface area contributed by atoms with Crippen molar-refractivity contribution in [3.05, 3.63) is 44.6 Å². The number of carbonyl (C=O) groups is 1. The summed E-state index contributed by atoms with van der Waals surface area (Å²) in [6.07, 6.45) is 19.9. The van der Waals surface area contributed by atoms with Gasteiger partial charge in [-0.1, -0.05) is 53.9 Å². The van der Waals surface area contributed by atoms with Gasteiger partial charge in [0.15, 0.2) is 0 Å². The summed E-state index contributed by atoms with van der Waals surface area (Å²) in [6.45, 7) is 0. The average Bonchev–Trinajstić information content (AvgIpc) is 3.16. The van der Waals surface area contributed by atoms with Crippen LogP contribution in [0.5, 0.6) is 0 Å². The molecule has 0 radical (unpaired) electrons. The van der Waals surface area contributed by atoms with Crippen molar-refractivity contribution in [3.63, 3.8) is 0 Å². The van der Waals surface area contributed by atoms with Crippen LogP contribution in [0.4, 0.5) is 0 Å². The smallest absolute Gasteiger partial charge is 0.217 e. The van der Waals surface area contributed by atoms with Crippen LogP contribution in [0.2, 0.25) is 8.67 Å². The Hall–Kier alpha value is -0.770. The van der Waals surface area contributed by atoms with E-state index in [2.05, 4.69) is 24.3 Å². The highest BCUT2D eigenvalue weighted by Gasteiger charge is 2.23. The number of thiophene rings is 1. The monoisotopic (exact) mass is 413 g/mol. The fourth-order valence-corrected chi connectivity index (χ4v) is 5.17. The topological polar surface area (TPSA) is 43.1 Å². The molecule has 1 unspecified atom stereocenters. The Morgan fingerprint density at radius 2 is 2.00 bits per heavy atom. The van der Waals surface area contributed by atoms with Gasteiger partial charge in [0.1, 0.15) is 0 Å². The van der Waals surface area contributed by atoms with Gasteiger partial charge in [-0.2, -0.15) is 0 Å². The van der Waals surface area contributed by atoms with Crippen molar-refractivity contribution >= 4 is 40.4 Å². The van der Waals surface area contributed by atoms with Gasteiger partial charge in [-0.05, 0) is 74.8 Å². The van der Waals surface area contributed by atoms with Crippen LogP contribution in [0.3, 0.4) is 0 Å². The molecule has 0 aliphatic heterocycles. The minimum Gasteiger partial charge on any atom is -0.370 e. The maximum Gasteiger partial charge on any atom is 0.217 e. The van der Waals surface area contributed by atoms with E-state index in [1.165, 1.54) is 36.2 Å². The highest BCUT2D eigenvalue weighted by atomic mass is 35.5. The van der Waals surface area contributed by atoms with Crippen molar-refractivity contribution in [2.45, 2.75) is 64.2 Å². The number of carbonyl (C=O) groups excluding carboxylic acids is 1. The molecule has 2 N–H and O–H groups in total. The SMILES string of the molecule is NC(=O)CCC/C=C\C[C@H]1CCCC1/C=C/CCCc1cc(Cl)sc1Cl. The second kappa shape index (κ2) is 11.8. The van der Waals surface area contributed by atoms with Crippen LogP contribution in [0.1, 0.15) is 63.4 Å². The highest BCUT2D eigenvalue weighted by Crippen LogP contribution is 2.36. The second-order valence-corrected chi connectivity index (χ2v) is 9.38. The lowest BCUT2D eigenvalue weighted by Crippen LogP contribution is -2.09. The largest absolute Gasteiger partial charge is 0.370 e. The molecule has 5 heteroatoms. The Morgan fingerprint density at radius 1 is 1.19 bits per heavy atom. The normalized spacial score (nSPS) is 20.5. The van der Waals surface area contributed by atoms with Gasteiger partial charge in [-0.3, -0.25) is 4.79 Å². The number of nitrogens with two attached hydrogens (primary N) is 1. The number of amides is 1. The first kappa shape index (κ1) is 21.5. The Balaban J connectivity index is 1.64.